The number of carbonyl (C=O) groups is 1. The van der Waals surface area contributed by atoms with Crippen molar-refractivity contribution in [2.45, 2.75) is 38.1 Å². The van der Waals surface area contributed by atoms with E-state index in [1.165, 1.54) is 24.0 Å². The molecule has 1 amide bonds. The number of nitrogens with zero attached hydrogens (tertiary/aromatic N) is 3. The van der Waals surface area contributed by atoms with Gasteiger partial charge in [-0.25, -0.2) is 0 Å². The van der Waals surface area contributed by atoms with Crippen LogP contribution in [0.4, 0.5) is 0 Å². The Morgan fingerprint density at radius 3 is 2.81 bits per heavy atom. The van der Waals surface area contributed by atoms with Crippen LogP contribution in [0.1, 0.15) is 42.1 Å². The predicted octanol–water partition coefficient (Wildman–Crippen LogP) is 2.91. The summed E-state index contributed by atoms with van der Waals surface area (Å²) in [7, 11) is 1.96. The molecule has 0 unspecified atom stereocenters. The number of amides is 1. The van der Waals surface area contributed by atoms with E-state index in [-0.39, 0.29) is 11.9 Å². The fraction of sp³-hybridized carbons (Fsp3) is 0.524. The summed E-state index contributed by atoms with van der Waals surface area (Å²) in [5.41, 5.74) is 3.60. The van der Waals surface area contributed by atoms with Gasteiger partial charge in [0, 0.05) is 26.6 Å². The van der Waals surface area contributed by atoms with Gasteiger partial charge in [-0.2, -0.15) is 5.10 Å². The van der Waals surface area contributed by atoms with E-state index in [9.17, 15) is 4.79 Å². The second kappa shape index (κ2) is 7.62. The first-order valence-corrected chi connectivity index (χ1v) is 9.64. The Balaban J connectivity index is 1.45. The number of aryl methyl sites for hydroxylation is 2. The van der Waals surface area contributed by atoms with E-state index in [4.69, 9.17) is 4.74 Å². The minimum absolute atomic E-state index is 0.0201. The van der Waals surface area contributed by atoms with Crippen LogP contribution in [-0.4, -0.2) is 40.3 Å². The molecule has 1 aliphatic carbocycles. The molecule has 1 aromatic carbocycles. The van der Waals surface area contributed by atoms with Gasteiger partial charge in [0.15, 0.2) is 0 Å². The Morgan fingerprint density at radius 2 is 2.04 bits per heavy atom. The molecule has 138 valence electrons. The van der Waals surface area contributed by atoms with E-state index in [0.717, 1.165) is 37.6 Å². The van der Waals surface area contributed by atoms with Crippen molar-refractivity contribution in [1.82, 2.24) is 14.7 Å². The molecule has 0 saturated heterocycles. The van der Waals surface area contributed by atoms with Crippen molar-refractivity contribution < 1.29 is 9.53 Å². The zero-order chi connectivity index (χ0) is 17.9. The molecule has 0 bridgehead atoms. The van der Waals surface area contributed by atoms with Crippen molar-refractivity contribution in [1.29, 1.82) is 0 Å². The molecule has 0 radical (unpaired) electrons. The van der Waals surface area contributed by atoms with Crippen LogP contribution < -0.4 is 0 Å². The molecule has 5 nitrogen and oxygen atoms in total. The molecule has 5 heteroatoms. The number of aromatic nitrogens is 2. The average molecular weight is 353 g/mol. The quantitative estimate of drug-likeness (QED) is 0.769. The predicted molar refractivity (Wildman–Crippen MR) is 99.7 cm³/mol. The van der Waals surface area contributed by atoms with Gasteiger partial charge >= 0.3 is 0 Å². The fourth-order valence-corrected chi connectivity index (χ4v) is 3.80. The SMILES string of the molecule is Cn1ncc2c1[C@H](COCC1CC1)N(C(=O)CCc1ccccc1)CC2. The molecule has 0 spiro atoms. The number of benzene rings is 1. The topological polar surface area (TPSA) is 47.4 Å². The number of carbonyl (C=O) groups excluding carboxylic acids is 1. The number of rotatable bonds is 7. The van der Waals surface area contributed by atoms with Crippen LogP contribution in [-0.2, 0) is 29.4 Å². The Labute approximate surface area is 154 Å². The van der Waals surface area contributed by atoms with E-state index >= 15 is 0 Å². The molecule has 2 heterocycles. The summed E-state index contributed by atoms with van der Waals surface area (Å²) in [6.07, 6.45) is 6.69. The van der Waals surface area contributed by atoms with Crippen molar-refractivity contribution in [3.63, 3.8) is 0 Å². The maximum Gasteiger partial charge on any atom is 0.223 e. The molecule has 1 aliphatic heterocycles. The summed E-state index contributed by atoms with van der Waals surface area (Å²) in [5, 5.41) is 4.41. The first-order chi connectivity index (χ1) is 12.7. The lowest BCUT2D eigenvalue weighted by Gasteiger charge is -2.36. The third-order valence-electron chi connectivity index (χ3n) is 5.50. The van der Waals surface area contributed by atoms with Gasteiger partial charge in [-0.1, -0.05) is 30.3 Å². The van der Waals surface area contributed by atoms with E-state index in [1.807, 2.05) is 41.0 Å². The van der Waals surface area contributed by atoms with Crippen molar-refractivity contribution in [2.75, 3.05) is 19.8 Å². The van der Waals surface area contributed by atoms with Gasteiger partial charge in [-0.3, -0.25) is 9.48 Å². The molecule has 2 aromatic rings. The standard InChI is InChI=1S/C21H27N3O2/c1-23-21-18(13-22-23)11-12-24(19(21)15-26-14-17-7-8-17)20(25)10-9-16-5-3-2-4-6-16/h2-6,13,17,19H,7-12,14-15H2,1H3/t19-/m0/s1. The number of hydrogen-bond acceptors (Lipinski definition) is 3. The maximum absolute atomic E-state index is 13.0. The van der Waals surface area contributed by atoms with Gasteiger partial charge in [0.05, 0.1) is 24.5 Å². The molecule has 1 fully saturated rings. The number of fused-ring (bicyclic) bond motifs is 1. The van der Waals surface area contributed by atoms with Gasteiger partial charge in [-0.15, -0.1) is 0 Å². The molecular formula is C21H27N3O2. The maximum atomic E-state index is 13.0. The zero-order valence-electron chi connectivity index (χ0n) is 15.4. The lowest BCUT2D eigenvalue weighted by molar-refractivity contribution is -0.136. The third-order valence-corrected chi connectivity index (χ3v) is 5.50. The van der Waals surface area contributed by atoms with Crippen LogP contribution >= 0.6 is 0 Å². The number of hydrogen-bond donors (Lipinski definition) is 0. The van der Waals surface area contributed by atoms with Crippen LogP contribution in [0.15, 0.2) is 36.5 Å². The minimum atomic E-state index is -0.0201. The Hall–Kier alpha value is -2.14. The van der Waals surface area contributed by atoms with Crippen LogP contribution in [0.5, 0.6) is 0 Å². The molecule has 0 N–H and O–H groups in total. The minimum Gasteiger partial charge on any atom is -0.379 e. The van der Waals surface area contributed by atoms with Gasteiger partial charge in [-0.05, 0) is 42.7 Å². The monoisotopic (exact) mass is 353 g/mol. The van der Waals surface area contributed by atoms with Crippen LogP contribution in [0, 0.1) is 5.92 Å². The van der Waals surface area contributed by atoms with Crippen molar-refractivity contribution in [2.24, 2.45) is 13.0 Å². The molecule has 2 aliphatic rings. The molecule has 4 rings (SSSR count). The second-order valence-electron chi connectivity index (χ2n) is 7.50. The summed E-state index contributed by atoms with van der Waals surface area (Å²) in [4.78, 5) is 15.0. The van der Waals surface area contributed by atoms with Crippen molar-refractivity contribution in [3.8, 4) is 0 Å². The summed E-state index contributed by atoms with van der Waals surface area (Å²) >= 11 is 0. The Kier molecular flexibility index (Phi) is 5.07. The molecule has 1 atom stereocenters. The van der Waals surface area contributed by atoms with E-state index in [0.29, 0.717) is 13.0 Å². The highest BCUT2D eigenvalue weighted by molar-refractivity contribution is 5.77. The smallest absolute Gasteiger partial charge is 0.223 e. The Bertz CT molecular complexity index is 752. The first-order valence-electron chi connectivity index (χ1n) is 9.64. The molecule has 1 aromatic heterocycles. The Morgan fingerprint density at radius 1 is 1.23 bits per heavy atom. The lowest BCUT2D eigenvalue weighted by atomic mass is 9.99. The molecule has 26 heavy (non-hydrogen) atoms. The highest BCUT2D eigenvalue weighted by atomic mass is 16.5. The van der Waals surface area contributed by atoms with Crippen LogP contribution in [0.25, 0.3) is 0 Å². The molecular weight excluding hydrogens is 326 g/mol. The van der Waals surface area contributed by atoms with Gasteiger partial charge in [0.25, 0.3) is 0 Å². The summed E-state index contributed by atoms with van der Waals surface area (Å²) in [6.45, 7) is 2.14. The zero-order valence-corrected chi connectivity index (χ0v) is 15.4. The van der Waals surface area contributed by atoms with Crippen LogP contribution in [0.2, 0.25) is 0 Å². The fourth-order valence-electron chi connectivity index (χ4n) is 3.80. The largest absolute Gasteiger partial charge is 0.379 e. The summed E-state index contributed by atoms with van der Waals surface area (Å²) in [5.74, 6) is 0.938. The van der Waals surface area contributed by atoms with Gasteiger partial charge in [0.2, 0.25) is 5.91 Å². The first kappa shape index (κ1) is 17.3. The second-order valence-corrected chi connectivity index (χ2v) is 7.50. The van der Waals surface area contributed by atoms with Crippen LogP contribution in [0.3, 0.4) is 0 Å². The van der Waals surface area contributed by atoms with Crippen molar-refractivity contribution in [3.05, 3.63) is 53.3 Å². The van der Waals surface area contributed by atoms with E-state index in [2.05, 4.69) is 17.2 Å². The summed E-state index contributed by atoms with van der Waals surface area (Å²) in [6, 6.07) is 10.2. The third kappa shape index (κ3) is 3.83. The van der Waals surface area contributed by atoms with Gasteiger partial charge < -0.3 is 9.64 Å². The normalized spacial score (nSPS) is 19.4. The highest BCUT2D eigenvalue weighted by Crippen LogP contribution is 2.32. The average Bonchev–Trinajstić information content (AvgIpc) is 3.42. The van der Waals surface area contributed by atoms with Crippen molar-refractivity contribution >= 4 is 5.91 Å². The summed E-state index contributed by atoms with van der Waals surface area (Å²) < 4.78 is 7.90. The molecule has 1 saturated carbocycles. The highest BCUT2D eigenvalue weighted by Gasteiger charge is 2.34. The van der Waals surface area contributed by atoms with E-state index < -0.39 is 0 Å². The number of ether oxygens (including phenoxy) is 1. The lowest BCUT2D eigenvalue weighted by Crippen LogP contribution is -2.43. The van der Waals surface area contributed by atoms with E-state index in [1.54, 1.807) is 0 Å². The van der Waals surface area contributed by atoms with Gasteiger partial charge in [0.1, 0.15) is 0 Å².